The Labute approximate surface area is 276 Å². The quantitative estimate of drug-likeness (QED) is 0.197. The third-order valence-corrected chi connectivity index (χ3v) is 11.1. The summed E-state index contributed by atoms with van der Waals surface area (Å²) in [6.07, 6.45) is 0. The van der Waals surface area contributed by atoms with Crippen LogP contribution in [0.4, 0.5) is 0 Å². The fourth-order valence-electron chi connectivity index (χ4n) is 7.84. The molecule has 4 heteroatoms. The first kappa shape index (κ1) is 26.6. The van der Waals surface area contributed by atoms with Crippen LogP contribution in [0.15, 0.2) is 140 Å². The van der Waals surface area contributed by atoms with E-state index < -0.39 is 0 Å². The first-order valence-electron chi connectivity index (χ1n) is 16.1. The summed E-state index contributed by atoms with van der Waals surface area (Å²) in [5.74, 6) is 0.755. The highest BCUT2D eigenvalue weighted by molar-refractivity contribution is 7.26. The molecule has 0 fully saturated rings. The van der Waals surface area contributed by atoms with E-state index in [0.717, 1.165) is 34.0 Å². The Morgan fingerprint density at radius 3 is 2.11 bits per heavy atom. The van der Waals surface area contributed by atoms with Gasteiger partial charge in [-0.15, -0.1) is 11.3 Å². The smallest absolute Gasteiger partial charge is 0.160 e. The van der Waals surface area contributed by atoms with Gasteiger partial charge in [-0.2, -0.15) is 0 Å². The molecule has 0 bridgehead atoms. The molecule has 6 aromatic carbocycles. The molecule has 9 aromatic rings. The van der Waals surface area contributed by atoms with Crippen molar-refractivity contribution in [2.45, 2.75) is 19.3 Å². The molecule has 0 spiro atoms. The number of fused-ring (bicyclic) bond motifs is 10. The maximum Gasteiger partial charge on any atom is 0.160 e. The van der Waals surface area contributed by atoms with Gasteiger partial charge in [-0.1, -0.05) is 123 Å². The molecule has 0 N–H and O–H groups in total. The minimum absolute atomic E-state index is 0.229. The van der Waals surface area contributed by atoms with Crippen LogP contribution in [0.5, 0.6) is 0 Å². The summed E-state index contributed by atoms with van der Waals surface area (Å²) in [4.78, 5) is 10.5. The van der Waals surface area contributed by atoms with Gasteiger partial charge in [0.2, 0.25) is 0 Å². The van der Waals surface area contributed by atoms with E-state index in [1.807, 2.05) is 17.4 Å². The van der Waals surface area contributed by atoms with Crippen molar-refractivity contribution in [2.75, 3.05) is 0 Å². The van der Waals surface area contributed by atoms with Crippen molar-refractivity contribution >= 4 is 53.3 Å². The highest BCUT2D eigenvalue weighted by atomic mass is 32.1. The molecule has 0 aliphatic heterocycles. The number of benzene rings is 6. The van der Waals surface area contributed by atoms with Gasteiger partial charge in [0.15, 0.2) is 5.82 Å². The Balaban J connectivity index is 1.22. The predicted octanol–water partition coefficient (Wildman–Crippen LogP) is 11.6. The van der Waals surface area contributed by atoms with Crippen molar-refractivity contribution in [3.05, 3.63) is 151 Å². The molecule has 3 nitrogen and oxygen atoms in total. The molecule has 0 saturated heterocycles. The fourth-order valence-corrected chi connectivity index (χ4v) is 8.95. The zero-order valence-corrected chi connectivity index (χ0v) is 26.8. The van der Waals surface area contributed by atoms with Gasteiger partial charge < -0.3 is 4.57 Å². The van der Waals surface area contributed by atoms with E-state index in [0.29, 0.717) is 0 Å². The van der Waals surface area contributed by atoms with Gasteiger partial charge in [-0.25, -0.2) is 9.97 Å². The number of para-hydroxylation sites is 1. The van der Waals surface area contributed by atoms with Crippen LogP contribution in [-0.2, 0) is 5.41 Å². The largest absolute Gasteiger partial charge is 0.309 e. The van der Waals surface area contributed by atoms with E-state index in [1.54, 1.807) is 0 Å². The van der Waals surface area contributed by atoms with Crippen LogP contribution in [0.3, 0.4) is 0 Å². The zero-order valence-electron chi connectivity index (χ0n) is 26.0. The molecular weight excluding hydrogens is 591 g/mol. The predicted molar refractivity (Wildman–Crippen MR) is 198 cm³/mol. The van der Waals surface area contributed by atoms with E-state index in [9.17, 15) is 0 Å². The van der Waals surface area contributed by atoms with Crippen LogP contribution in [0.25, 0.3) is 81.6 Å². The van der Waals surface area contributed by atoms with E-state index in [1.165, 1.54) is 58.7 Å². The standard InChI is InChI=1S/C43H29N3S/c1-43(2)33-17-9-6-15-31(33)40-38(43)39(44-42(45-40)27-12-4-3-5-13-27)26-20-22-28(23-21-26)46-34-18-10-7-14-29(34)30-24-25-36-37(41(30)46)32-16-8-11-19-35(32)47-36/h3-25H,1-2H3. The molecule has 3 heterocycles. The molecule has 0 radical (unpaired) electrons. The molecule has 1 aliphatic rings. The van der Waals surface area contributed by atoms with Gasteiger partial charge >= 0.3 is 0 Å². The summed E-state index contributed by atoms with van der Waals surface area (Å²) < 4.78 is 5.08. The monoisotopic (exact) mass is 619 g/mol. The molecule has 1 aliphatic carbocycles. The van der Waals surface area contributed by atoms with E-state index in [2.05, 4.69) is 152 Å². The molecule has 0 atom stereocenters. The number of rotatable bonds is 3. The number of aromatic nitrogens is 3. The lowest BCUT2D eigenvalue weighted by atomic mass is 9.81. The molecule has 0 unspecified atom stereocenters. The summed E-state index contributed by atoms with van der Waals surface area (Å²) in [7, 11) is 0. The highest BCUT2D eigenvalue weighted by Gasteiger charge is 2.40. The van der Waals surface area contributed by atoms with Crippen molar-refractivity contribution in [3.63, 3.8) is 0 Å². The van der Waals surface area contributed by atoms with Crippen LogP contribution >= 0.6 is 11.3 Å². The van der Waals surface area contributed by atoms with Crippen LogP contribution in [-0.4, -0.2) is 14.5 Å². The minimum atomic E-state index is -0.229. The first-order valence-corrected chi connectivity index (χ1v) is 16.9. The van der Waals surface area contributed by atoms with Gasteiger partial charge in [-0.3, -0.25) is 0 Å². The van der Waals surface area contributed by atoms with Crippen molar-refractivity contribution in [1.29, 1.82) is 0 Å². The van der Waals surface area contributed by atoms with Crippen LogP contribution in [0.2, 0.25) is 0 Å². The Kier molecular flexibility index (Phi) is 5.50. The van der Waals surface area contributed by atoms with Crippen LogP contribution < -0.4 is 0 Å². The summed E-state index contributed by atoms with van der Waals surface area (Å²) in [5.41, 5.74) is 11.2. The Morgan fingerprint density at radius 1 is 0.553 bits per heavy atom. The lowest BCUT2D eigenvalue weighted by Crippen LogP contribution is -2.17. The molecule has 222 valence electrons. The molecule has 10 rings (SSSR count). The number of hydrogen-bond acceptors (Lipinski definition) is 3. The molecule has 47 heavy (non-hydrogen) atoms. The zero-order chi connectivity index (χ0) is 31.3. The fraction of sp³-hybridized carbons (Fsp3) is 0.0698. The van der Waals surface area contributed by atoms with E-state index in [-0.39, 0.29) is 5.41 Å². The third-order valence-electron chi connectivity index (χ3n) is 10.00. The SMILES string of the molecule is CC1(C)c2ccccc2-c2nc(-c3ccccc3)nc(-c3ccc(-n4c5ccccc5c5ccc6sc7ccccc7c6c54)cc3)c21. The van der Waals surface area contributed by atoms with Gasteiger partial charge in [0.1, 0.15) is 0 Å². The summed E-state index contributed by atoms with van der Waals surface area (Å²) in [5, 5.41) is 5.18. The summed E-state index contributed by atoms with van der Waals surface area (Å²) in [6, 6.07) is 50.2. The van der Waals surface area contributed by atoms with Gasteiger partial charge in [0.05, 0.1) is 22.4 Å². The second-order valence-corrected chi connectivity index (χ2v) is 14.1. The van der Waals surface area contributed by atoms with Crippen LogP contribution in [0.1, 0.15) is 25.0 Å². The maximum absolute atomic E-state index is 5.31. The average molecular weight is 620 g/mol. The average Bonchev–Trinajstić information content (AvgIpc) is 3.74. The minimum Gasteiger partial charge on any atom is -0.309 e. The lowest BCUT2D eigenvalue weighted by molar-refractivity contribution is 0.658. The Bertz CT molecular complexity index is 2700. The number of thiophene rings is 1. The van der Waals surface area contributed by atoms with Crippen molar-refractivity contribution in [2.24, 2.45) is 0 Å². The van der Waals surface area contributed by atoms with Crippen molar-refractivity contribution in [1.82, 2.24) is 14.5 Å². The molecule has 3 aromatic heterocycles. The molecule has 0 saturated carbocycles. The third kappa shape index (κ3) is 3.73. The highest BCUT2D eigenvalue weighted by Crippen LogP contribution is 2.51. The Morgan fingerprint density at radius 2 is 1.26 bits per heavy atom. The summed E-state index contributed by atoms with van der Waals surface area (Å²) in [6.45, 7) is 4.60. The van der Waals surface area contributed by atoms with E-state index in [4.69, 9.17) is 9.97 Å². The first-order chi connectivity index (χ1) is 23.1. The van der Waals surface area contributed by atoms with Crippen molar-refractivity contribution < 1.29 is 0 Å². The number of nitrogens with zero attached hydrogens (tertiary/aromatic N) is 3. The number of hydrogen-bond donors (Lipinski definition) is 0. The Hall–Kier alpha value is -5.58. The topological polar surface area (TPSA) is 30.7 Å². The lowest BCUT2D eigenvalue weighted by Gasteiger charge is -2.24. The maximum atomic E-state index is 5.31. The van der Waals surface area contributed by atoms with Crippen LogP contribution in [0, 0.1) is 0 Å². The summed E-state index contributed by atoms with van der Waals surface area (Å²) >= 11 is 1.87. The van der Waals surface area contributed by atoms with Gasteiger partial charge in [0.25, 0.3) is 0 Å². The second-order valence-electron chi connectivity index (χ2n) is 13.0. The second kappa shape index (κ2) is 9.71. The normalized spacial score (nSPS) is 13.5. The molecule has 0 amide bonds. The van der Waals surface area contributed by atoms with Crippen molar-refractivity contribution in [3.8, 4) is 39.6 Å². The molecular formula is C43H29N3S. The van der Waals surface area contributed by atoms with Gasteiger partial charge in [-0.05, 0) is 35.9 Å². The van der Waals surface area contributed by atoms with E-state index >= 15 is 0 Å². The van der Waals surface area contributed by atoms with Gasteiger partial charge in [0, 0.05) is 64.3 Å².